The van der Waals surface area contributed by atoms with Gasteiger partial charge in [0.15, 0.2) is 0 Å². The number of carbonyl (C=O) groups is 3. The van der Waals surface area contributed by atoms with Crippen LogP contribution in [0.5, 0.6) is 0 Å². The maximum absolute atomic E-state index is 13.7. The van der Waals surface area contributed by atoms with Gasteiger partial charge in [-0.3, -0.25) is 19.3 Å². The number of fused-ring (bicyclic) bond motifs is 1. The highest BCUT2D eigenvalue weighted by Crippen LogP contribution is 2.37. The van der Waals surface area contributed by atoms with Crippen LogP contribution in [0.25, 0.3) is 0 Å². The van der Waals surface area contributed by atoms with Crippen molar-refractivity contribution in [2.24, 2.45) is 11.8 Å². The molecule has 0 spiro atoms. The lowest BCUT2D eigenvalue weighted by Gasteiger charge is -2.19. The fraction of sp³-hybridized carbons (Fsp3) is 0.471. The average Bonchev–Trinajstić information content (AvgIpc) is 2.79. The molecule has 5 nitrogen and oxygen atoms in total. The fourth-order valence-corrected chi connectivity index (χ4v) is 3.69. The lowest BCUT2D eigenvalue weighted by molar-refractivity contribution is -0.153. The summed E-state index contributed by atoms with van der Waals surface area (Å²) in [5.41, 5.74) is 0.235. The molecular weight excluding hydrogens is 381 g/mol. The van der Waals surface area contributed by atoms with Crippen molar-refractivity contribution in [3.05, 3.63) is 34.1 Å². The molecule has 0 bridgehead atoms. The second kappa shape index (κ2) is 7.01. The summed E-state index contributed by atoms with van der Waals surface area (Å²) in [4.78, 5) is 37.5. The minimum atomic E-state index is -0.710. The first kappa shape index (κ1) is 17.1. The number of amides is 2. The molecule has 1 aromatic carbocycles. The SMILES string of the molecule is O=C(CN1C(=O)[C@@H]2CCCC[C@H]2C1=O)OCc1ccc(Br)cc1F. The Morgan fingerprint density at radius 3 is 2.42 bits per heavy atom. The van der Waals surface area contributed by atoms with Crippen LogP contribution >= 0.6 is 15.9 Å². The van der Waals surface area contributed by atoms with E-state index in [2.05, 4.69) is 15.9 Å². The van der Waals surface area contributed by atoms with E-state index < -0.39 is 18.3 Å². The van der Waals surface area contributed by atoms with Gasteiger partial charge in [-0.15, -0.1) is 0 Å². The zero-order chi connectivity index (χ0) is 17.3. The molecule has 2 aliphatic rings. The summed E-state index contributed by atoms with van der Waals surface area (Å²) in [6.45, 7) is -0.635. The van der Waals surface area contributed by atoms with E-state index in [1.807, 2.05) is 0 Å². The Morgan fingerprint density at radius 2 is 1.83 bits per heavy atom. The summed E-state index contributed by atoms with van der Waals surface area (Å²) in [6.07, 6.45) is 3.26. The molecule has 3 rings (SSSR count). The van der Waals surface area contributed by atoms with E-state index in [1.165, 1.54) is 12.1 Å². The third-order valence-electron chi connectivity index (χ3n) is 4.62. The third-order valence-corrected chi connectivity index (χ3v) is 5.12. The molecule has 128 valence electrons. The summed E-state index contributed by atoms with van der Waals surface area (Å²) in [5.74, 6) is -2.34. The van der Waals surface area contributed by atoms with Gasteiger partial charge in [-0.2, -0.15) is 0 Å². The van der Waals surface area contributed by atoms with E-state index in [9.17, 15) is 18.8 Å². The number of nitrogens with zero attached hydrogens (tertiary/aromatic N) is 1. The van der Waals surface area contributed by atoms with E-state index in [0.29, 0.717) is 17.3 Å². The minimum Gasteiger partial charge on any atom is -0.459 e. The van der Waals surface area contributed by atoms with Gasteiger partial charge in [0.1, 0.15) is 19.0 Å². The molecule has 0 unspecified atom stereocenters. The molecule has 1 aromatic rings. The summed E-state index contributed by atoms with van der Waals surface area (Å²) in [5, 5.41) is 0. The minimum absolute atomic E-state index is 0.235. The Bertz CT molecular complexity index is 669. The Hall–Kier alpha value is -1.76. The molecular formula is C17H17BrFNO4. The number of halogens is 2. The predicted octanol–water partition coefficient (Wildman–Crippen LogP) is 2.81. The molecule has 1 aliphatic heterocycles. The van der Waals surface area contributed by atoms with Crippen LogP contribution in [0.1, 0.15) is 31.2 Å². The van der Waals surface area contributed by atoms with Gasteiger partial charge in [0.05, 0.1) is 11.8 Å². The molecule has 1 aliphatic carbocycles. The zero-order valence-corrected chi connectivity index (χ0v) is 14.6. The number of likely N-dealkylation sites (tertiary alicyclic amines) is 1. The smallest absolute Gasteiger partial charge is 0.326 e. The van der Waals surface area contributed by atoms with Crippen LogP contribution in [0, 0.1) is 17.7 Å². The Balaban J connectivity index is 1.58. The van der Waals surface area contributed by atoms with Gasteiger partial charge in [-0.1, -0.05) is 34.8 Å². The molecule has 2 fully saturated rings. The Morgan fingerprint density at radius 1 is 1.21 bits per heavy atom. The fourth-order valence-electron chi connectivity index (χ4n) is 3.36. The lowest BCUT2D eigenvalue weighted by Crippen LogP contribution is -2.36. The van der Waals surface area contributed by atoms with Crippen molar-refractivity contribution >= 4 is 33.7 Å². The highest BCUT2D eigenvalue weighted by molar-refractivity contribution is 9.10. The topological polar surface area (TPSA) is 63.7 Å². The number of imide groups is 1. The number of carbonyl (C=O) groups excluding carboxylic acids is 3. The van der Waals surface area contributed by atoms with Crippen LogP contribution in [0.3, 0.4) is 0 Å². The molecule has 0 N–H and O–H groups in total. The van der Waals surface area contributed by atoms with Gasteiger partial charge in [0, 0.05) is 10.0 Å². The van der Waals surface area contributed by atoms with Crippen molar-refractivity contribution in [1.29, 1.82) is 0 Å². The van der Waals surface area contributed by atoms with Gasteiger partial charge in [-0.25, -0.2) is 4.39 Å². The van der Waals surface area contributed by atoms with Crippen LogP contribution < -0.4 is 0 Å². The molecule has 1 saturated heterocycles. The predicted molar refractivity (Wildman–Crippen MR) is 86.1 cm³/mol. The Labute approximate surface area is 147 Å². The van der Waals surface area contributed by atoms with Crippen molar-refractivity contribution in [3.8, 4) is 0 Å². The van der Waals surface area contributed by atoms with E-state index in [0.717, 1.165) is 17.7 Å². The standard InChI is InChI=1S/C17H17BrFNO4/c18-11-6-5-10(14(19)7-11)9-24-15(21)8-20-16(22)12-3-1-2-4-13(12)17(20)23/h5-7,12-13H,1-4,8-9H2/t12-,13-/m1/s1. The first-order valence-corrected chi connectivity index (χ1v) is 8.71. The van der Waals surface area contributed by atoms with Crippen molar-refractivity contribution in [3.63, 3.8) is 0 Å². The summed E-state index contributed by atoms with van der Waals surface area (Å²) >= 11 is 3.15. The number of hydrogen-bond donors (Lipinski definition) is 0. The summed E-state index contributed by atoms with van der Waals surface area (Å²) in [6, 6.07) is 4.43. The monoisotopic (exact) mass is 397 g/mol. The maximum Gasteiger partial charge on any atom is 0.326 e. The second-order valence-corrected chi connectivity index (χ2v) is 7.07. The Kier molecular flexibility index (Phi) is 4.99. The van der Waals surface area contributed by atoms with Crippen LogP contribution in [-0.4, -0.2) is 29.2 Å². The third kappa shape index (κ3) is 3.36. The number of esters is 1. The van der Waals surface area contributed by atoms with Gasteiger partial charge in [0.2, 0.25) is 11.8 Å². The van der Waals surface area contributed by atoms with Crippen molar-refractivity contribution in [2.75, 3.05) is 6.54 Å². The summed E-state index contributed by atoms with van der Waals surface area (Å²) < 4.78 is 19.3. The van der Waals surface area contributed by atoms with Crippen LogP contribution in [0.4, 0.5) is 4.39 Å². The van der Waals surface area contributed by atoms with E-state index in [1.54, 1.807) is 6.07 Å². The number of hydrogen-bond acceptors (Lipinski definition) is 4. The van der Waals surface area contributed by atoms with Crippen molar-refractivity contribution in [2.45, 2.75) is 32.3 Å². The second-order valence-electron chi connectivity index (χ2n) is 6.16. The van der Waals surface area contributed by atoms with E-state index in [4.69, 9.17) is 4.74 Å². The lowest BCUT2D eigenvalue weighted by atomic mass is 9.81. The van der Waals surface area contributed by atoms with Gasteiger partial charge < -0.3 is 4.74 Å². The van der Waals surface area contributed by atoms with Gasteiger partial charge >= 0.3 is 5.97 Å². The van der Waals surface area contributed by atoms with Gasteiger partial charge in [0.25, 0.3) is 0 Å². The highest BCUT2D eigenvalue weighted by atomic mass is 79.9. The molecule has 24 heavy (non-hydrogen) atoms. The van der Waals surface area contributed by atoms with Crippen molar-refractivity contribution < 1.29 is 23.5 Å². The van der Waals surface area contributed by atoms with Crippen LogP contribution in [-0.2, 0) is 25.7 Å². The first-order chi connectivity index (χ1) is 11.5. The van der Waals surface area contributed by atoms with Crippen LogP contribution in [0.15, 0.2) is 22.7 Å². The normalized spacial score (nSPS) is 23.3. The number of benzene rings is 1. The number of rotatable bonds is 4. The largest absolute Gasteiger partial charge is 0.459 e. The number of ether oxygens (including phenoxy) is 1. The molecule has 1 saturated carbocycles. The quantitative estimate of drug-likeness (QED) is 0.578. The average molecular weight is 398 g/mol. The van der Waals surface area contributed by atoms with E-state index in [-0.39, 0.29) is 35.8 Å². The maximum atomic E-state index is 13.7. The van der Waals surface area contributed by atoms with Crippen molar-refractivity contribution in [1.82, 2.24) is 4.90 Å². The highest BCUT2D eigenvalue weighted by Gasteiger charge is 2.48. The molecule has 7 heteroatoms. The molecule has 2 amide bonds. The molecule has 0 radical (unpaired) electrons. The molecule has 0 aromatic heterocycles. The molecule has 1 heterocycles. The zero-order valence-electron chi connectivity index (χ0n) is 13.0. The van der Waals surface area contributed by atoms with Gasteiger partial charge in [-0.05, 0) is 25.0 Å². The summed E-state index contributed by atoms with van der Waals surface area (Å²) in [7, 11) is 0. The molecule has 2 atom stereocenters. The van der Waals surface area contributed by atoms with E-state index >= 15 is 0 Å². The first-order valence-electron chi connectivity index (χ1n) is 7.92. The van der Waals surface area contributed by atoms with Crippen LogP contribution in [0.2, 0.25) is 0 Å².